The fourth-order valence-corrected chi connectivity index (χ4v) is 2.32. The van der Waals surface area contributed by atoms with Gasteiger partial charge in [0.05, 0.1) is 12.1 Å². The second kappa shape index (κ2) is 7.97. The lowest BCUT2D eigenvalue weighted by atomic mass is 10.1. The SMILES string of the molecule is CC(C)(C)[NH2+]CCCNC(=O)COc1ccc2ccccc2c1. The molecule has 0 spiro atoms. The van der Waals surface area contributed by atoms with Crippen LogP contribution in [0.25, 0.3) is 10.8 Å². The molecule has 4 nitrogen and oxygen atoms in total. The summed E-state index contributed by atoms with van der Waals surface area (Å²) in [4.78, 5) is 11.8. The number of amides is 1. The Morgan fingerprint density at radius 1 is 1.13 bits per heavy atom. The summed E-state index contributed by atoms with van der Waals surface area (Å²) in [6.07, 6.45) is 0.957. The highest BCUT2D eigenvalue weighted by Gasteiger charge is 2.11. The molecule has 0 aliphatic rings. The van der Waals surface area contributed by atoms with Crippen LogP contribution in [0.3, 0.4) is 0 Å². The van der Waals surface area contributed by atoms with E-state index >= 15 is 0 Å². The van der Waals surface area contributed by atoms with Gasteiger partial charge in [-0.2, -0.15) is 0 Å². The molecule has 0 saturated carbocycles. The van der Waals surface area contributed by atoms with E-state index in [4.69, 9.17) is 4.74 Å². The Morgan fingerprint density at radius 3 is 2.61 bits per heavy atom. The third kappa shape index (κ3) is 6.28. The highest BCUT2D eigenvalue weighted by atomic mass is 16.5. The van der Waals surface area contributed by atoms with Crippen LogP contribution >= 0.6 is 0 Å². The minimum absolute atomic E-state index is 0.0569. The minimum atomic E-state index is -0.0751. The predicted molar refractivity (Wildman–Crippen MR) is 93.6 cm³/mol. The number of hydrogen-bond acceptors (Lipinski definition) is 2. The van der Waals surface area contributed by atoms with E-state index in [0.717, 1.165) is 24.1 Å². The highest BCUT2D eigenvalue weighted by molar-refractivity contribution is 5.84. The Morgan fingerprint density at radius 2 is 1.87 bits per heavy atom. The first kappa shape index (κ1) is 17.3. The third-order valence-corrected chi connectivity index (χ3v) is 3.55. The lowest BCUT2D eigenvalue weighted by Crippen LogP contribution is -2.94. The Labute approximate surface area is 138 Å². The van der Waals surface area contributed by atoms with Crippen molar-refractivity contribution in [1.29, 1.82) is 0 Å². The summed E-state index contributed by atoms with van der Waals surface area (Å²) in [5.74, 6) is 0.647. The first-order valence-corrected chi connectivity index (χ1v) is 8.17. The van der Waals surface area contributed by atoms with Gasteiger partial charge in [-0.3, -0.25) is 4.79 Å². The van der Waals surface area contributed by atoms with Crippen LogP contribution < -0.4 is 15.4 Å². The van der Waals surface area contributed by atoms with E-state index in [1.54, 1.807) is 0 Å². The predicted octanol–water partition coefficient (Wildman–Crippen LogP) is 2.09. The van der Waals surface area contributed by atoms with E-state index in [2.05, 4.69) is 37.5 Å². The number of nitrogens with two attached hydrogens (primary N) is 1. The molecule has 0 aliphatic carbocycles. The first-order valence-electron chi connectivity index (χ1n) is 8.17. The number of ether oxygens (including phenoxy) is 1. The molecule has 3 N–H and O–H groups in total. The monoisotopic (exact) mass is 315 g/mol. The van der Waals surface area contributed by atoms with Gasteiger partial charge in [0.25, 0.3) is 5.91 Å². The van der Waals surface area contributed by atoms with Gasteiger partial charge < -0.3 is 15.4 Å². The van der Waals surface area contributed by atoms with E-state index in [1.807, 2.05) is 36.4 Å². The maximum atomic E-state index is 11.8. The summed E-state index contributed by atoms with van der Waals surface area (Å²) in [6, 6.07) is 14.0. The summed E-state index contributed by atoms with van der Waals surface area (Å²) in [5, 5.41) is 7.45. The summed E-state index contributed by atoms with van der Waals surface area (Å²) in [6.45, 7) is 8.30. The Kier molecular flexibility index (Phi) is 5.99. The molecule has 0 aromatic heterocycles. The summed E-state index contributed by atoms with van der Waals surface area (Å²) in [7, 11) is 0. The van der Waals surface area contributed by atoms with E-state index in [-0.39, 0.29) is 18.1 Å². The van der Waals surface area contributed by atoms with Crippen LogP contribution in [-0.4, -0.2) is 31.1 Å². The molecule has 2 aromatic rings. The average Bonchev–Trinajstić information content (AvgIpc) is 2.51. The lowest BCUT2D eigenvalue weighted by molar-refractivity contribution is -0.717. The minimum Gasteiger partial charge on any atom is -0.484 e. The van der Waals surface area contributed by atoms with Crippen molar-refractivity contribution in [2.75, 3.05) is 19.7 Å². The average molecular weight is 315 g/mol. The summed E-state index contributed by atoms with van der Waals surface area (Å²) >= 11 is 0. The van der Waals surface area contributed by atoms with E-state index < -0.39 is 0 Å². The second-order valence-electron chi connectivity index (χ2n) is 6.86. The maximum absolute atomic E-state index is 11.8. The van der Waals surface area contributed by atoms with Crippen molar-refractivity contribution < 1.29 is 14.8 Å². The van der Waals surface area contributed by atoms with Gasteiger partial charge in [-0.25, -0.2) is 0 Å². The number of nitrogens with one attached hydrogen (secondary N) is 1. The van der Waals surface area contributed by atoms with Crippen molar-refractivity contribution in [2.45, 2.75) is 32.7 Å². The zero-order valence-corrected chi connectivity index (χ0v) is 14.3. The van der Waals surface area contributed by atoms with Gasteiger partial charge in [0.15, 0.2) is 6.61 Å². The van der Waals surface area contributed by atoms with E-state index in [9.17, 15) is 4.79 Å². The fourth-order valence-electron chi connectivity index (χ4n) is 2.32. The third-order valence-electron chi connectivity index (χ3n) is 3.55. The van der Waals surface area contributed by atoms with Crippen LogP contribution in [0.2, 0.25) is 0 Å². The molecule has 0 aliphatic heterocycles. The van der Waals surface area contributed by atoms with Gasteiger partial charge in [-0.1, -0.05) is 30.3 Å². The molecule has 0 radical (unpaired) electrons. The highest BCUT2D eigenvalue weighted by Crippen LogP contribution is 2.20. The van der Waals surface area contributed by atoms with Gasteiger partial charge in [0, 0.05) is 13.0 Å². The molecule has 23 heavy (non-hydrogen) atoms. The number of carbonyl (C=O) groups is 1. The normalized spacial score (nSPS) is 11.4. The van der Waals surface area contributed by atoms with Crippen LogP contribution in [0.15, 0.2) is 42.5 Å². The molecule has 0 fully saturated rings. The Hall–Kier alpha value is -2.07. The molecule has 124 valence electrons. The van der Waals surface area contributed by atoms with Gasteiger partial charge in [-0.15, -0.1) is 0 Å². The number of fused-ring (bicyclic) bond motifs is 1. The van der Waals surface area contributed by atoms with Crippen molar-refractivity contribution >= 4 is 16.7 Å². The van der Waals surface area contributed by atoms with Crippen molar-refractivity contribution in [1.82, 2.24) is 5.32 Å². The van der Waals surface area contributed by atoms with Crippen molar-refractivity contribution in [3.05, 3.63) is 42.5 Å². The van der Waals surface area contributed by atoms with Gasteiger partial charge in [0.1, 0.15) is 5.75 Å². The second-order valence-corrected chi connectivity index (χ2v) is 6.86. The molecule has 0 saturated heterocycles. The summed E-state index contributed by atoms with van der Waals surface area (Å²) in [5.41, 5.74) is 0.239. The number of carbonyl (C=O) groups excluding carboxylic acids is 1. The quantitative estimate of drug-likeness (QED) is 0.769. The number of rotatable bonds is 7. The maximum Gasteiger partial charge on any atom is 0.257 e. The molecule has 2 aromatic carbocycles. The van der Waals surface area contributed by atoms with Crippen LogP contribution in [0, 0.1) is 0 Å². The van der Waals surface area contributed by atoms with Gasteiger partial charge in [-0.05, 0) is 43.7 Å². The number of quaternary nitrogens is 1. The van der Waals surface area contributed by atoms with E-state index in [1.165, 1.54) is 5.39 Å². The van der Waals surface area contributed by atoms with Crippen molar-refractivity contribution in [2.24, 2.45) is 0 Å². The number of hydrogen-bond donors (Lipinski definition) is 2. The number of benzene rings is 2. The van der Waals surface area contributed by atoms with Gasteiger partial charge >= 0.3 is 0 Å². The van der Waals surface area contributed by atoms with Crippen LogP contribution in [0.5, 0.6) is 5.75 Å². The van der Waals surface area contributed by atoms with Gasteiger partial charge in [0.2, 0.25) is 0 Å². The molecule has 0 unspecified atom stereocenters. The van der Waals surface area contributed by atoms with E-state index in [0.29, 0.717) is 6.54 Å². The summed E-state index contributed by atoms with van der Waals surface area (Å²) < 4.78 is 5.57. The van der Waals surface area contributed by atoms with Crippen LogP contribution in [-0.2, 0) is 4.79 Å². The lowest BCUT2D eigenvalue weighted by Gasteiger charge is -2.16. The zero-order chi connectivity index (χ0) is 16.7. The molecule has 0 heterocycles. The standard InChI is InChI=1S/C19H26N2O2/c1-19(2,3)21-12-6-11-20-18(22)14-23-17-10-9-15-7-4-5-8-16(15)13-17/h4-5,7-10,13,21H,6,11-12,14H2,1-3H3,(H,20,22)/p+1. The molecule has 0 atom stereocenters. The molecular weight excluding hydrogens is 288 g/mol. The first-order chi connectivity index (χ1) is 10.9. The van der Waals surface area contributed by atoms with Crippen molar-refractivity contribution in [3.8, 4) is 5.75 Å². The fraction of sp³-hybridized carbons (Fsp3) is 0.421. The molecule has 4 heteroatoms. The zero-order valence-electron chi connectivity index (χ0n) is 14.3. The van der Waals surface area contributed by atoms with Crippen LogP contribution in [0.1, 0.15) is 27.2 Å². The smallest absolute Gasteiger partial charge is 0.257 e. The molecule has 0 bridgehead atoms. The molecule has 1 amide bonds. The largest absolute Gasteiger partial charge is 0.484 e. The molecular formula is C19H27N2O2+. The topological polar surface area (TPSA) is 54.9 Å². The van der Waals surface area contributed by atoms with Crippen LogP contribution in [0.4, 0.5) is 0 Å². The Bertz CT molecular complexity index is 647. The molecule has 2 rings (SSSR count). The Balaban J connectivity index is 1.69. The van der Waals surface area contributed by atoms with Crippen molar-refractivity contribution in [3.63, 3.8) is 0 Å².